The van der Waals surface area contributed by atoms with Gasteiger partial charge in [-0.2, -0.15) is 0 Å². The van der Waals surface area contributed by atoms with Gasteiger partial charge in [-0.05, 0) is 41.8 Å². The van der Waals surface area contributed by atoms with E-state index in [1.165, 1.54) is 5.56 Å². The fourth-order valence-corrected chi connectivity index (χ4v) is 2.96. The first kappa shape index (κ1) is 19.6. The molecule has 28 heavy (non-hydrogen) atoms. The van der Waals surface area contributed by atoms with Crippen LogP contribution in [0.2, 0.25) is 0 Å². The molecule has 0 saturated heterocycles. The molecule has 1 amide bonds. The Balaban J connectivity index is 1.59. The Labute approximate surface area is 166 Å². The normalized spacial score (nSPS) is 10.5. The number of aliphatic hydroxyl groups is 1. The average molecular weight is 375 g/mol. The number of ether oxygens (including phenoxy) is 1. The maximum atomic E-state index is 12.8. The molecule has 144 valence electrons. The van der Waals surface area contributed by atoms with Gasteiger partial charge in [0.1, 0.15) is 12.4 Å². The van der Waals surface area contributed by atoms with Gasteiger partial charge in [0.25, 0.3) is 5.91 Å². The first-order valence-corrected chi connectivity index (χ1v) is 9.47. The van der Waals surface area contributed by atoms with Crippen molar-refractivity contribution in [1.82, 2.24) is 4.90 Å². The number of benzene rings is 3. The van der Waals surface area contributed by atoms with Crippen molar-refractivity contribution < 1.29 is 14.6 Å². The summed E-state index contributed by atoms with van der Waals surface area (Å²) in [4.78, 5) is 14.5. The number of amides is 1. The molecular weight excluding hydrogens is 350 g/mol. The predicted octanol–water partition coefficient (Wildman–Crippen LogP) is 3.94. The summed E-state index contributed by atoms with van der Waals surface area (Å²) in [7, 11) is 0. The largest absolute Gasteiger partial charge is 0.489 e. The Bertz CT molecular complexity index is 848. The molecule has 4 nitrogen and oxygen atoms in total. The molecule has 0 aromatic heterocycles. The molecule has 4 heteroatoms. The van der Waals surface area contributed by atoms with Gasteiger partial charge in [-0.15, -0.1) is 0 Å². The van der Waals surface area contributed by atoms with Crippen LogP contribution in [0.4, 0.5) is 0 Å². The minimum atomic E-state index is -0.0837. The second-order valence-corrected chi connectivity index (χ2v) is 6.55. The van der Waals surface area contributed by atoms with E-state index in [2.05, 4.69) is 0 Å². The first-order valence-electron chi connectivity index (χ1n) is 9.47. The summed E-state index contributed by atoms with van der Waals surface area (Å²) in [5.41, 5.74) is 2.86. The summed E-state index contributed by atoms with van der Waals surface area (Å²) in [6.07, 6.45) is 0.755. The van der Waals surface area contributed by atoms with Gasteiger partial charge in [0.15, 0.2) is 0 Å². The third kappa shape index (κ3) is 5.69. The molecule has 3 aromatic rings. The van der Waals surface area contributed by atoms with Crippen molar-refractivity contribution in [1.29, 1.82) is 0 Å². The number of nitrogens with zero attached hydrogens (tertiary/aromatic N) is 1. The highest BCUT2D eigenvalue weighted by Gasteiger charge is 2.15. The minimum Gasteiger partial charge on any atom is -0.489 e. The molecule has 0 aliphatic heterocycles. The molecular formula is C24H25NO3. The van der Waals surface area contributed by atoms with E-state index in [9.17, 15) is 9.90 Å². The van der Waals surface area contributed by atoms with E-state index in [0.29, 0.717) is 25.3 Å². The number of hydrogen-bond donors (Lipinski definition) is 1. The molecule has 3 rings (SSSR count). The van der Waals surface area contributed by atoms with Gasteiger partial charge < -0.3 is 14.7 Å². The average Bonchev–Trinajstić information content (AvgIpc) is 2.76. The van der Waals surface area contributed by atoms with Crippen LogP contribution < -0.4 is 4.74 Å². The zero-order valence-electron chi connectivity index (χ0n) is 15.8. The van der Waals surface area contributed by atoms with Crippen LogP contribution in [-0.2, 0) is 13.0 Å². The van der Waals surface area contributed by atoms with Crippen molar-refractivity contribution in [2.75, 3.05) is 19.7 Å². The SMILES string of the molecule is O=C(c1ccc(OCc2ccccc2)cc1)N(CCO)CCc1ccccc1. The molecule has 0 bridgehead atoms. The highest BCUT2D eigenvalue weighted by molar-refractivity contribution is 5.94. The van der Waals surface area contributed by atoms with E-state index >= 15 is 0 Å². The third-order valence-electron chi connectivity index (χ3n) is 4.52. The Morgan fingerprint density at radius 3 is 2.00 bits per heavy atom. The summed E-state index contributed by atoms with van der Waals surface area (Å²) in [5.74, 6) is 0.637. The van der Waals surface area contributed by atoms with Crippen LogP contribution in [-0.4, -0.2) is 35.6 Å². The summed E-state index contributed by atoms with van der Waals surface area (Å²) in [6, 6.07) is 27.2. The van der Waals surface area contributed by atoms with E-state index in [4.69, 9.17) is 4.74 Å². The summed E-state index contributed by atoms with van der Waals surface area (Å²) in [5, 5.41) is 9.34. The van der Waals surface area contributed by atoms with E-state index in [0.717, 1.165) is 17.7 Å². The molecule has 0 radical (unpaired) electrons. The van der Waals surface area contributed by atoms with Gasteiger partial charge in [-0.3, -0.25) is 4.79 Å². The van der Waals surface area contributed by atoms with Gasteiger partial charge >= 0.3 is 0 Å². The van der Waals surface area contributed by atoms with Crippen LogP contribution in [0.3, 0.4) is 0 Å². The highest BCUT2D eigenvalue weighted by atomic mass is 16.5. The Morgan fingerprint density at radius 2 is 1.39 bits per heavy atom. The standard InChI is InChI=1S/C24H25NO3/c26-18-17-25(16-15-20-7-3-1-4-8-20)24(27)22-11-13-23(14-12-22)28-19-21-9-5-2-6-10-21/h1-14,26H,15-19H2. The van der Waals surface area contributed by atoms with Gasteiger partial charge in [0.05, 0.1) is 6.61 Å². The second-order valence-electron chi connectivity index (χ2n) is 6.55. The zero-order valence-corrected chi connectivity index (χ0v) is 15.8. The molecule has 0 aliphatic carbocycles. The molecule has 0 unspecified atom stereocenters. The van der Waals surface area contributed by atoms with Crippen molar-refractivity contribution in [2.24, 2.45) is 0 Å². The van der Waals surface area contributed by atoms with E-state index in [1.807, 2.05) is 72.8 Å². The summed E-state index contributed by atoms with van der Waals surface area (Å²) < 4.78 is 5.78. The molecule has 3 aromatic carbocycles. The highest BCUT2D eigenvalue weighted by Crippen LogP contribution is 2.16. The fraction of sp³-hybridized carbons (Fsp3) is 0.208. The predicted molar refractivity (Wildman–Crippen MR) is 110 cm³/mol. The van der Waals surface area contributed by atoms with E-state index < -0.39 is 0 Å². The van der Waals surface area contributed by atoms with Crippen LogP contribution in [0.5, 0.6) is 5.75 Å². The van der Waals surface area contributed by atoms with Gasteiger partial charge in [0, 0.05) is 18.7 Å². The van der Waals surface area contributed by atoms with E-state index in [1.54, 1.807) is 17.0 Å². The third-order valence-corrected chi connectivity index (χ3v) is 4.52. The lowest BCUT2D eigenvalue weighted by molar-refractivity contribution is 0.0724. The van der Waals surface area contributed by atoms with Crippen LogP contribution in [0, 0.1) is 0 Å². The van der Waals surface area contributed by atoms with Crippen LogP contribution in [0.15, 0.2) is 84.9 Å². The summed E-state index contributed by atoms with van der Waals surface area (Å²) >= 11 is 0. The number of rotatable bonds is 9. The number of carbonyl (C=O) groups excluding carboxylic acids is 1. The number of hydrogen-bond acceptors (Lipinski definition) is 3. The molecule has 1 N–H and O–H groups in total. The molecule has 0 saturated carbocycles. The van der Waals surface area contributed by atoms with Gasteiger partial charge in [-0.1, -0.05) is 60.7 Å². The smallest absolute Gasteiger partial charge is 0.253 e. The Morgan fingerprint density at radius 1 is 0.786 bits per heavy atom. The van der Waals surface area contributed by atoms with Crippen molar-refractivity contribution >= 4 is 5.91 Å². The maximum Gasteiger partial charge on any atom is 0.253 e. The van der Waals surface area contributed by atoms with Crippen molar-refractivity contribution in [3.8, 4) is 5.75 Å². The maximum absolute atomic E-state index is 12.8. The van der Waals surface area contributed by atoms with Gasteiger partial charge in [-0.25, -0.2) is 0 Å². The molecule has 0 spiro atoms. The Kier molecular flexibility index (Phi) is 7.21. The topological polar surface area (TPSA) is 49.8 Å². The lowest BCUT2D eigenvalue weighted by atomic mass is 10.1. The molecule has 0 heterocycles. The minimum absolute atomic E-state index is 0.0567. The van der Waals surface area contributed by atoms with E-state index in [-0.39, 0.29) is 12.5 Å². The Hall–Kier alpha value is -3.11. The zero-order chi connectivity index (χ0) is 19.6. The van der Waals surface area contributed by atoms with Crippen LogP contribution in [0.1, 0.15) is 21.5 Å². The summed E-state index contributed by atoms with van der Waals surface area (Å²) in [6.45, 7) is 1.31. The second kappa shape index (κ2) is 10.3. The molecule has 0 fully saturated rings. The van der Waals surface area contributed by atoms with Crippen molar-refractivity contribution in [3.05, 3.63) is 102 Å². The quantitative estimate of drug-likeness (QED) is 0.616. The van der Waals surface area contributed by atoms with Crippen LogP contribution in [0.25, 0.3) is 0 Å². The lowest BCUT2D eigenvalue weighted by Gasteiger charge is -2.22. The molecule has 0 aliphatic rings. The first-order chi connectivity index (χ1) is 13.8. The number of carbonyl (C=O) groups is 1. The fourth-order valence-electron chi connectivity index (χ4n) is 2.96. The number of aliphatic hydroxyl groups excluding tert-OH is 1. The molecule has 0 atom stereocenters. The van der Waals surface area contributed by atoms with Gasteiger partial charge in [0.2, 0.25) is 0 Å². The van der Waals surface area contributed by atoms with Crippen molar-refractivity contribution in [3.63, 3.8) is 0 Å². The van der Waals surface area contributed by atoms with Crippen LogP contribution >= 0.6 is 0 Å². The lowest BCUT2D eigenvalue weighted by Crippen LogP contribution is -2.35. The van der Waals surface area contributed by atoms with Crippen molar-refractivity contribution in [2.45, 2.75) is 13.0 Å². The monoisotopic (exact) mass is 375 g/mol.